The number of fused-ring (bicyclic) bond motifs is 1. The van der Waals surface area contributed by atoms with E-state index in [1.54, 1.807) is 24.8 Å². The summed E-state index contributed by atoms with van der Waals surface area (Å²) in [7, 11) is 1.64. The summed E-state index contributed by atoms with van der Waals surface area (Å²) in [6, 6.07) is 13.3. The van der Waals surface area contributed by atoms with Crippen molar-refractivity contribution in [2.75, 3.05) is 12.4 Å². The molecule has 7 heteroatoms. The summed E-state index contributed by atoms with van der Waals surface area (Å²) in [6.07, 6.45) is 1.55. The van der Waals surface area contributed by atoms with E-state index in [4.69, 9.17) is 21.1 Å². The summed E-state index contributed by atoms with van der Waals surface area (Å²) in [6.45, 7) is 0.373. The molecule has 0 saturated heterocycles. The fraction of sp³-hybridized carbons (Fsp3) is 0.100. The average molecular weight is 398 g/mol. The molecule has 136 valence electrons. The summed E-state index contributed by atoms with van der Waals surface area (Å²) < 4.78 is 11.2. The zero-order valence-corrected chi connectivity index (χ0v) is 16.1. The van der Waals surface area contributed by atoms with Gasteiger partial charge in [0.2, 0.25) is 0 Å². The van der Waals surface area contributed by atoms with Crippen LogP contribution in [0.25, 0.3) is 10.9 Å². The highest BCUT2D eigenvalue weighted by Crippen LogP contribution is 2.32. The Bertz CT molecular complexity index is 1080. The summed E-state index contributed by atoms with van der Waals surface area (Å²) in [4.78, 5) is 8.56. The van der Waals surface area contributed by atoms with Gasteiger partial charge in [0.05, 0.1) is 23.0 Å². The number of anilines is 2. The minimum atomic E-state index is 0.373. The smallest absolute Gasteiger partial charge is 0.142 e. The first-order chi connectivity index (χ1) is 13.2. The van der Waals surface area contributed by atoms with Gasteiger partial charge in [0, 0.05) is 22.0 Å². The Morgan fingerprint density at radius 2 is 1.96 bits per heavy atom. The lowest BCUT2D eigenvalue weighted by atomic mass is 10.2. The molecule has 0 spiro atoms. The van der Waals surface area contributed by atoms with Gasteiger partial charge in [0.25, 0.3) is 0 Å². The summed E-state index contributed by atoms with van der Waals surface area (Å²) in [5, 5.41) is 8.80. The van der Waals surface area contributed by atoms with Gasteiger partial charge in [0.1, 0.15) is 30.3 Å². The van der Waals surface area contributed by atoms with Crippen LogP contribution in [-0.2, 0) is 6.61 Å². The van der Waals surface area contributed by atoms with Crippen molar-refractivity contribution in [2.45, 2.75) is 6.61 Å². The molecular formula is C20H16ClN3O2S. The normalized spacial score (nSPS) is 10.7. The van der Waals surface area contributed by atoms with E-state index in [0.717, 1.165) is 33.7 Å². The third kappa shape index (κ3) is 3.82. The molecule has 4 aromatic rings. The van der Waals surface area contributed by atoms with Crippen molar-refractivity contribution in [2.24, 2.45) is 0 Å². The third-order valence-corrected chi connectivity index (χ3v) is 5.08. The Balaban J connectivity index is 1.50. The maximum absolute atomic E-state index is 6.41. The fourth-order valence-electron chi connectivity index (χ4n) is 2.70. The first kappa shape index (κ1) is 17.6. The molecular weight excluding hydrogens is 382 g/mol. The highest BCUT2D eigenvalue weighted by atomic mass is 35.5. The van der Waals surface area contributed by atoms with Gasteiger partial charge in [-0.15, -0.1) is 11.3 Å². The van der Waals surface area contributed by atoms with E-state index >= 15 is 0 Å². The van der Waals surface area contributed by atoms with Crippen LogP contribution in [0.2, 0.25) is 5.02 Å². The van der Waals surface area contributed by atoms with Crippen LogP contribution >= 0.6 is 22.9 Å². The Morgan fingerprint density at radius 1 is 1.07 bits per heavy atom. The van der Waals surface area contributed by atoms with E-state index in [9.17, 15) is 0 Å². The predicted molar refractivity (Wildman–Crippen MR) is 109 cm³/mol. The van der Waals surface area contributed by atoms with Crippen LogP contribution in [0.5, 0.6) is 11.5 Å². The zero-order valence-electron chi connectivity index (χ0n) is 14.5. The number of ether oxygens (including phenoxy) is 2. The Hall–Kier alpha value is -2.83. The van der Waals surface area contributed by atoms with Crippen molar-refractivity contribution in [1.82, 2.24) is 9.97 Å². The number of nitrogens with one attached hydrogen (secondary N) is 1. The maximum atomic E-state index is 6.41. The second-order valence-corrected chi connectivity index (χ2v) is 6.91. The molecule has 1 N–H and O–H groups in total. The molecule has 0 atom stereocenters. The van der Waals surface area contributed by atoms with Gasteiger partial charge in [-0.3, -0.25) is 0 Å². The van der Waals surface area contributed by atoms with E-state index < -0.39 is 0 Å². The largest absolute Gasteiger partial charge is 0.496 e. The number of rotatable bonds is 6. The van der Waals surface area contributed by atoms with Crippen molar-refractivity contribution in [3.05, 3.63) is 70.1 Å². The molecule has 27 heavy (non-hydrogen) atoms. The lowest BCUT2D eigenvalue weighted by Gasteiger charge is -2.12. The number of nitrogens with zero attached hydrogens (tertiary/aromatic N) is 2. The highest BCUT2D eigenvalue weighted by Gasteiger charge is 2.09. The minimum Gasteiger partial charge on any atom is -0.496 e. The molecule has 0 radical (unpaired) electrons. The minimum absolute atomic E-state index is 0.373. The van der Waals surface area contributed by atoms with E-state index in [1.165, 1.54) is 0 Å². The molecule has 0 saturated carbocycles. The molecule has 0 unspecified atom stereocenters. The van der Waals surface area contributed by atoms with Crippen LogP contribution in [0, 0.1) is 0 Å². The molecule has 2 aromatic heterocycles. The first-order valence-corrected chi connectivity index (χ1v) is 9.55. The Kier molecular flexibility index (Phi) is 5.09. The zero-order chi connectivity index (χ0) is 18.6. The van der Waals surface area contributed by atoms with Gasteiger partial charge < -0.3 is 14.8 Å². The van der Waals surface area contributed by atoms with E-state index in [2.05, 4.69) is 15.3 Å². The average Bonchev–Trinajstić information content (AvgIpc) is 3.17. The lowest BCUT2D eigenvalue weighted by Crippen LogP contribution is -1.99. The number of para-hydroxylation sites is 1. The molecule has 0 fully saturated rings. The summed E-state index contributed by atoms with van der Waals surface area (Å²) in [5.74, 6) is 2.15. The Labute approximate surface area is 165 Å². The second kappa shape index (κ2) is 7.82. The van der Waals surface area contributed by atoms with Gasteiger partial charge in [-0.25, -0.2) is 9.97 Å². The molecule has 4 rings (SSSR count). The Morgan fingerprint density at radius 3 is 2.81 bits per heavy atom. The molecule has 5 nitrogen and oxygen atoms in total. The van der Waals surface area contributed by atoms with Gasteiger partial charge in [0.15, 0.2) is 0 Å². The summed E-state index contributed by atoms with van der Waals surface area (Å²) >= 11 is 8.00. The van der Waals surface area contributed by atoms with Crippen molar-refractivity contribution in [3.63, 3.8) is 0 Å². The van der Waals surface area contributed by atoms with Crippen LogP contribution in [0.4, 0.5) is 11.5 Å². The van der Waals surface area contributed by atoms with Crippen LogP contribution in [-0.4, -0.2) is 17.1 Å². The molecule has 0 aliphatic heterocycles. The number of halogens is 1. The summed E-state index contributed by atoms with van der Waals surface area (Å²) in [5.41, 5.74) is 2.70. The van der Waals surface area contributed by atoms with Gasteiger partial charge in [-0.1, -0.05) is 29.8 Å². The van der Waals surface area contributed by atoms with Gasteiger partial charge in [-0.2, -0.15) is 0 Å². The molecule has 2 heterocycles. The van der Waals surface area contributed by atoms with Crippen molar-refractivity contribution in [1.29, 1.82) is 0 Å². The number of hydrogen-bond donors (Lipinski definition) is 1. The number of methoxy groups -OCH3 is 1. The predicted octanol–water partition coefficient (Wildman–Crippen LogP) is 5.68. The van der Waals surface area contributed by atoms with E-state index in [-0.39, 0.29) is 0 Å². The molecule has 0 aliphatic rings. The maximum Gasteiger partial charge on any atom is 0.142 e. The van der Waals surface area contributed by atoms with Crippen molar-refractivity contribution in [3.8, 4) is 11.5 Å². The van der Waals surface area contributed by atoms with Crippen molar-refractivity contribution < 1.29 is 9.47 Å². The number of aromatic nitrogens is 2. The van der Waals surface area contributed by atoms with Crippen molar-refractivity contribution >= 4 is 45.3 Å². The SMILES string of the molecule is COc1ccccc1COc1ccc(Nc2ncnc3cscc23)cc1Cl. The van der Waals surface area contributed by atoms with Crippen LogP contribution in [0.3, 0.4) is 0 Å². The van der Waals surface area contributed by atoms with E-state index in [0.29, 0.717) is 17.4 Å². The molecule has 0 bridgehead atoms. The second-order valence-electron chi connectivity index (χ2n) is 5.76. The number of benzene rings is 2. The fourth-order valence-corrected chi connectivity index (χ4v) is 3.68. The number of hydrogen-bond acceptors (Lipinski definition) is 6. The van der Waals surface area contributed by atoms with E-state index in [1.807, 2.05) is 53.2 Å². The molecule has 0 aliphatic carbocycles. The topological polar surface area (TPSA) is 56.3 Å². The standard InChI is InChI=1S/C20H16ClN3O2S/c1-25-18-5-3-2-4-13(18)9-26-19-7-6-14(8-16(19)21)24-20-15-10-27-11-17(15)22-12-23-20/h2-8,10-12H,9H2,1H3,(H,22,23,24). The third-order valence-electron chi connectivity index (χ3n) is 4.05. The quantitative estimate of drug-likeness (QED) is 0.454. The molecule has 2 aromatic carbocycles. The van der Waals surface area contributed by atoms with Crippen LogP contribution in [0.1, 0.15) is 5.56 Å². The van der Waals surface area contributed by atoms with Crippen LogP contribution in [0.15, 0.2) is 59.6 Å². The van der Waals surface area contributed by atoms with Gasteiger partial charge >= 0.3 is 0 Å². The monoisotopic (exact) mass is 397 g/mol. The van der Waals surface area contributed by atoms with Crippen LogP contribution < -0.4 is 14.8 Å². The highest BCUT2D eigenvalue weighted by molar-refractivity contribution is 7.09. The number of thiophene rings is 1. The first-order valence-electron chi connectivity index (χ1n) is 8.23. The van der Waals surface area contributed by atoms with Gasteiger partial charge in [-0.05, 0) is 24.3 Å². The molecule has 0 amide bonds. The lowest BCUT2D eigenvalue weighted by molar-refractivity contribution is 0.297.